The number of nitrogens with one attached hydrogen (secondary N) is 1. The van der Waals surface area contributed by atoms with E-state index in [0.717, 1.165) is 30.5 Å². The minimum atomic E-state index is 0.364. The predicted molar refractivity (Wildman–Crippen MR) is 58.9 cm³/mol. The zero-order chi connectivity index (χ0) is 10.0. The van der Waals surface area contributed by atoms with E-state index in [1.165, 1.54) is 23.3 Å². The Kier molecular flexibility index (Phi) is 1.36. The second-order valence-corrected chi connectivity index (χ2v) is 6.09. The van der Waals surface area contributed by atoms with Crippen LogP contribution in [0.1, 0.15) is 22.4 Å². The van der Waals surface area contributed by atoms with Crippen molar-refractivity contribution < 1.29 is 0 Å². The molecule has 0 aromatic carbocycles. The van der Waals surface area contributed by atoms with Crippen molar-refractivity contribution in [1.82, 2.24) is 5.32 Å². The SMILES string of the molecule is N#Cc1csc2c1C1(CNC1)C1CC1C2. The normalized spacial score (nSPS) is 33.8. The maximum atomic E-state index is 9.17. The van der Waals surface area contributed by atoms with E-state index in [0.29, 0.717) is 5.41 Å². The quantitative estimate of drug-likeness (QED) is 0.716. The third-order valence-electron chi connectivity index (χ3n) is 4.45. The van der Waals surface area contributed by atoms with Crippen LogP contribution in [0.3, 0.4) is 0 Å². The van der Waals surface area contributed by atoms with Crippen molar-refractivity contribution in [3.05, 3.63) is 21.4 Å². The van der Waals surface area contributed by atoms with Crippen LogP contribution in [0.15, 0.2) is 5.38 Å². The summed E-state index contributed by atoms with van der Waals surface area (Å²) >= 11 is 1.81. The number of hydrogen-bond acceptors (Lipinski definition) is 3. The molecule has 1 spiro atoms. The molecule has 2 atom stereocenters. The summed E-state index contributed by atoms with van der Waals surface area (Å²) in [7, 11) is 0. The molecular weight excluding hydrogens is 204 g/mol. The van der Waals surface area contributed by atoms with Gasteiger partial charge in [-0.25, -0.2) is 0 Å². The van der Waals surface area contributed by atoms with Gasteiger partial charge in [-0.15, -0.1) is 11.3 Å². The second kappa shape index (κ2) is 2.45. The Bertz CT molecular complexity index is 478. The molecule has 1 aliphatic heterocycles. The van der Waals surface area contributed by atoms with Crippen molar-refractivity contribution in [2.24, 2.45) is 11.8 Å². The Hall–Kier alpha value is -0.850. The van der Waals surface area contributed by atoms with Gasteiger partial charge < -0.3 is 5.32 Å². The highest BCUT2D eigenvalue weighted by Gasteiger charge is 2.60. The first-order valence-electron chi connectivity index (χ1n) is 5.57. The molecule has 2 heterocycles. The Labute approximate surface area is 92.9 Å². The third kappa shape index (κ3) is 0.839. The van der Waals surface area contributed by atoms with Crippen molar-refractivity contribution >= 4 is 11.3 Å². The lowest BCUT2D eigenvalue weighted by Crippen LogP contribution is -2.60. The topological polar surface area (TPSA) is 35.8 Å². The maximum absolute atomic E-state index is 9.17. The molecule has 2 unspecified atom stereocenters. The van der Waals surface area contributed by atoms with Gasteiger partial charge in [-0.05, 0) is 30.2 Å². The average molecular weight is 216 g/mol. The smallest absolute Gasteiger partial charge is 0.100 e. The number of fused-ring (bicyclic) bond motifs is 4. The van der Waals surface area contributed by atoms with Crippen LogP contribution in [0.4, 0.5) is 0 Å². The summed E-state index contributed by atoms with van der Waals surface area (Å²) in [5.41, 5.74) is 2.75. The van der Waals surface area contributed by atoms with Crippen LogP contribution in [0.25, 0.3) is 0 Å². The Morgan fingerprint density at radius 1 is 1.53 bits per heavy atom. The zero-order valence-corrected chi connectivity index (χ0v) is 9.23. The molecule has 1 aromatic rings. The fraction of sp³-hybridized carbons (Fsp3) is 0.583. The number of nitriles is 1. The van der Waals surface area contributed by atoms with E-state index in [9.17, 15) is 5.26 Å². The summed E-state index contributed by atoms with van der Waals surface area (Å²) in [6.45, 7) is 2.21. The lowest BCUT2D eigenvalue weighted by atomic mass is 9.66. The van der Waals surface area contributed by atoms with E-state index in [-0.39, 0.29) is 0 Å². The molecule has 76 valence electrons. The highest BCUT2D eigenvalue weighted by Crippen LogP contribution is 2.61. The van der Waals surface area contributed by atoms with E-state index in [1.807, 2.05) is 11.3 Å². The number of hydrogen-bond donors (Lipinski definition) is 1. The minimum Gasteiger partial charge on any atom is -0.315 e. The van der Waals surface area contributed by atoms with Crippen molar-refractivity contribution in [3.8, 4) is 6.07 Å². The molecule has 15 heavy (non-hydrogen) atoms. The predicted octanol–water partition coefficient (Wildman–Crippen LogP) is 1.65. The summed E-state index contributed by atoms with van der Waals surface area (Å²) < 4.78 is 0. The van der Waals surface area contributed by atoms with Gasteiger partial charge in [0.2, 0.25) is 0 Å². The number of rotatable bonds is 0. The molecule has 1 saturated carbocycles. The van der Waals surface area contributed by atoms with Crippen molar-refractivity contribution in [1.29, 1.82) is 5.26 Å². The second-order valence-electron chi connectivity index (χ2n) is 5.13. The largest absolute Gasteiger partial charge is 0.315 e. The molecule has 3 heteroatoms. The summed E-state index contributed by atoms with van der Waals surface area (Å²) in [6, 6.07) is 2.38. The molecule has 3 aliphatic rings. The molecule has 1 saturated heterocycles. The van der Waals surface area contributed by atoms with E-state index >= 15 is 0 Å². The van der Waals surface area contributed by atoms with Gasteiger partial charge in [0.05, 0.1) is 5.56 Å². The van der Waals surface area contributed by atoms with Crippen LogP contribution < -0.4 is 5.32 Å². The van der Waals surface area contributed by atoms with E-state index in [4.69, 9.17) is 0 Å². The van der Waals surface area contributed by atoms with Crippen LogP contribution in [-0.2, 0) is 11.8 Å². The molecule has 0 amide bonds. The van der Waals surface area contributed by atoms with Crippen molar-refractivity contribution in [2.45, 2.75) is 18.3 Å². The Morgan fingerprint density at radius 3 is 3.07 bits per heavy atom. The third-order valence-corrected chi connectivity index (χ3v) is 5.46. The van der Waals surface area contributed by atoms with Crippen LogP contribution in [0.2, 0.25) is 0 Å². The first kappa shape index (κ1) is 8.32. The minimum absolute atomic E-state index is 0.364. The van der Waals surface area contributed by atoms with Gasteiger partial charge >= 0.3 is 0 Å². The summed E-state index contributed by atoms with van der Waals surface area (Å²) in [6.07, 6.45) is 2.64. The molecule has 2 fully saturated rings. The molecule has 0 bridgehead atoms. The van der Waals surface area contributed by atoms with Gasteiger partial charge in [0.15, 0.2) is 0 Å². The van der Waals surface area contributed by atoms with Gasteiger partial charge in [-0.1, -0.05) is 0 Å². The molecule has 2 nitrogen and oxygen atoms in total. The van der Waals surface area contributed by atoms with Gasteiger partial charge in [-0.3, -0.25) is 0 Å². The molecule has 4 rings (SSSR count). The molecular formula is C12H12N2S. The standard InChI is InChI=1S/C12H12N2S/c13-3-8-4-15-10-2-7-1-9(7)12(11(8)10)5-14-6-12/h4,7,9,14H,1-2,5-6H2. The molecule has 0 radical (unpaired) electrons. The van der Waals surface area contributed by atoms with Crippen LogP contribution >= 0.6 is 11.3 Å². The van der Waals surface area contributed by atoms with Crippen LogP contribution in [0, 0.1) is 23.2 Å². The first-order chi connectivity index (χ1) is 7.35. The van der Waals surface area contributed by atoms with Crippen LogP contribution in [0.5, 0.6) is 0 Å². The van der Waals surface area contributed by atoms with E-state index in [1.54, 1.807) is 0 Å². The summed E-state index contributed by atoms with van der Waals surface area (Å²) in [5, 5.41) is 14.6. The van der Waals surface area contributed by atoms with Gasteiger partial charge in [0.1, 0.15) is 6.07 Å². The molecule has 2 aliphatic carbocycles. The Balaban J connectivity index is 1.95. The number of nitrogens with zero attached hydrogens (tertiary/aromatic N) is 1. The fourth-order valence-corrected chi connectivity index (χ4v) is 4.76. The van der Waals surface area contributed by atoms with Gasteiger partial charge in [-0.2, -0.15) is 5.26 Å². The van der Waals surface area contributed by atoms with Gasteiger partial charge in [0, 0.05) is 28.8 Å². The highest BCUT2D eigenvalue weighted by atomic mass is 32.1. The average Bonchev–Trinajstić information content (AvgIpc) is 2.83. The highest BCUT2D eigenvalue weighted by molar-refractivity contribution is 7.10. The Morgan fingerprint density at radius 2 is 2.40 bits per heavy atom. The van der Waals surface area contributed by atoms with E-state index < -0.39 is 0 Å². The monoisotopic (exact) mass is 216 g/mol. The lowest BCUT2D eigenvalue weighted by molar-refractivity contribution is 0.218. The maximum Gasteiger partial charge on any atom is 0.100 e. The lowest BCUT2D eigenvalue weighted by Gasteiger charge is -2.46. The first-order valence-corrected chi connectivity index (χ1v) is 6.45. The van der Waals surface area contributed by atoms with E-state index in [2.05, 4.69) is 16.8 Å². The van der Waals surface area contributed by atoms with Gasteiger partial charge in [0.25, 0.3) is 0 Å². The molecule has 1 N–H and O–H groups in total. The molecule has 1 aromatic heterocycles. The summed E-state index contributed by atoms with van der Waals surface area (Å²) in [5.74, 6) is 1.82. The van der Waals surface area contributed by atoms with Crippen molar-refractivity contribution in [3.63, 3.8) is 0 Å². The number of thiophene rings is 1. The van der Waals surface area contributed by atoms with Crippen molar-refractivity contribution in [2.75, 3.05) is 13.1 Å². The van der Waals surface area contributed by atoms with Crippen LogP contribution in [-0.4, -0.2) is 13.1 Å². The fourth-order valence-electron chi connectivity index (χ4n) is 3.58. The summed E-state index contributed by atoms with van der Waals surface area (Å²) in [4.78, 5) is 1.51. The zero-order valence-electron chi connectivity index (χ0n) is 8.42.